The van der Waals surface area contributed by atoms with Crippen LogP contribution in [-0.2, 0) is 19.1 Å². The molecule has 0 saturated carbocycles. The number of ether oxygens (including phenoxy) is 1. The average Bonchev–Trinajstić information content (AvgIpc) is 2.28. The van der Waals surface area contributed by atoms with Gasteiger partial charge in [-0.1, -0.05) is 13.3 Å². The van der Waals surface area contributed by atoms with E-state index in [1.54, 1.807) is 0 Å². The third kappa shape index (κ3) is 8.51. The van der Waals surface area contributed by atoms with Gasteiger partial charge in [0, 0.05) is 6.54 Å². The summed E-state index contributed by atoms with van der Waals surface area (Å²) >= 11 is 0. The van der Waals surface area contributed by atoms with Crippen molar-refractivity contribution in [3.63, 3.8) is 0 Å². The topological polar surface area (TPSA) is 119 Å². The van der Waals surface area contributed by atoms with E-state index < -0.39 is 30.3 Å². The van der Waals surface area contributed by atoms with Crippen molar-refractivity contribution in [1.82, 2.24) is 5.32 Å². The highest BCUT2D eigenvalue weighted by atomic mass is 16.5. The fourth-order valence-corrected chi connectivity index (χ4v) is 1.10. The number of aliphatic carboxylic acids is 1. The number of unbranched alkanes of at least 4 members (excludes halogenated alkanes) is 1. The van der Waals surface area contributed by atoms with Gasteiger partial charge in [-0.15, -0.1) is 0 Å². The van der Waals surface area contributed by atoms with Gasteiger partial charge in [0.2, 0.25) is 5.91 Å². The summed E-state index contributed by atoms with van der Waals surface area (Å²) in [4.78, 5) is 32.7. The minimum absolute atomic E-state index is 0.0508. The van der Waals surface area contributed by atoms with Crippen LogP contribution in [0.15, 0.2) is 0 Å². The Bertz CT molecular complexity index is 293. The summed E-state index contributed by atoms with van der Waals surface area (Å²) in [6.07, 6.45) is 1.36. The van der Waals surface area contributed by atoms with Gasteiger partial charge in [-0.25, -0.2) is 0 Å². The maximum absolute atomic E-state index is 11.3. The first kappa shape index (κ1) is 16.4. The molecule has 0 heterocycles. The van der Waals surface area contributed by atoms with Gasteiger partial charge in [0.15, 0.2) is 0 Å². The van der Waals surface area contributed by atoms with Crippen molar-refractivity contribution in [2.24, 2.45) is 5.73 Å². The van der Waals surface area contributed by atoms with E-state index in [9.17, 15) is 14.4 Å². The Morgan fingerprint density at radius 3 is 2.61 bits per heavy atom. The molecule has 0 radical (unpaired) electrons. The van der Waals surface area contributed by atoms with E-state index in [4.69, 9.17) is 15.6 Å². The summed E-state index contributed by atoms with van der Waals surface area (Å²) in [5.74, 6) is -2.12. The van der Waals surface area contributed by atoms with Crippen molar-refractivity contribution in [2.45, 2.75) is 38.6 Å². The molecule has 7 nitrogen and oxygen atoms in total. The zero-order chi connectivity index (χ0) is 14.0. The van der Waals surface area contributed by atoms with Crippen LogP contribution in [0.2, 0.25) is 0 Å². The number of nitrogens with two attached hydrogens (primary N) is 1. The molecule has 0 aliphatic heterocycles. The highest BCUT2D eigenvalue weighted by Gasteiger charge is 2.16. The van der Waals surface area contributed by atoms with Crippen LogP contribution in [0.25, 0.3) is 0 Å². The lowest BCUT2D eigenvalue weighted by atomic mass is 10.2. The fourth-order valence-electron chi connectivity index (χ4n) is 1.10. The number of carbonyl (C=O) groups excluding carboxylic acids is 2. The van der Waals surface area contributed by atoms with Crippen molar-refractivity contribution in [1.29, 1.82) is 0 Å². The van der Waals surface area contributed by atoms with Gasteiger partial charge < -0.3 is 20.9 Å². The number of carbonyl (C=O) groups is 3. The smallest absolute Gasteiger partial charge is 0.307 e. The molecule has 0 aromatic heterocycles. The molecule has 18 heavy (non-hydrogen) atoms. The third-order valence-electron chi connectivity index (χ3n) is 2.12. The van der Waals surface area contributed by atoms with E-state index in [2.05, 4.69) is 5.32 Å². The Morgan fingerprint density at radius 2 is 2.06 bits per heavy atom. The highest BCUT2D eigenvalue weighted by Crippen LogP contribution is 1.92. The molecule has 0 fully saturated rings. The molecule has 0 aromatic rings. The first-order chi connectivity index (χ1) is 8.47. The van der Waals surface area contributed by atoms with Gasteiger partial charge in [-0.05, 0) is 6.42 Å². The molecule has 0 rings (SSSR count). The number of carboxylic acid groups (broad SMARTS) is 1. The standard InChI is InChI=1S/C11H20N2O5/c1-2-3-6-18-10(16)4-5-13-11(17)8(12)7-9(14)15/h8H,2-7,12H2,1H3,(H,13,17)(H,14,15)/t8-/m1/s1. The van der Waals surface area contributed by atoms with Gasteiger partial charge in [-0.2, -0.15) is 0 Å². The van der Waals surface area contributed by atoms with E-state index in [1.807, 2.05) is 6.92 Å². The number of carboxylic acids is 1. The Labute approximate surface area is 106 Å². The summed E-state index contributed by atoms with van der Waals surface area (Å²) in [5, 5.41) is 10.8. The molecular weight excluding hydrogens is 240 g/mol. The number of nitrogens with one attached hydrogen (secondary N) is 1. The number of amides is 1. The van der Waals surface area contributed by atoms with E-state index >= 15 is 0 Å². The second kappa shape index (κ2) is 9.41. The van der Waals surface area contributed by atoms with Crippen molar-refractivity contribution < 1.29 is 24.2 Å². The maximum Gasteiger partial charge on any atom is 0.307 e. The molecule has 0 saturated heterocycles. The Hall–Kier alpha value is -1.63. The summed E-state index contributed by atoms with van der Waals surface area (Å²) in [6.45, 7) is 2.46. The second-order valence-electron chi connectivity index (χ2n) is 3.82. The summed E-state index contributed by atoms with van der Waals surface area (Å²) in [5.41, 5.74) is 5.32. The zero-order valence-electron chi connectivity index (χ0n) is 10.5. The van der Waals surface area contributed by atoms with E-state index in [0.717, 1.165) is 12.8 Å². The molecule has 0 aromatic carbocycles. The van der Waals surface area contributed by atoms with Gasteiger partial charge >= 0.3 is 11.9 Å². The van der Waals surface area contributed by atoms with Gasteiger partial charge in [0.05, 0.1) is 25.5 Å². The number of esters is 1. The van der Waals surface area contributed by atoms with Crippen LogP contribution in [0.4, 0.5) is 0 Å². The van der Waals surface area contributed by atoms with Crippen LogP contribution in [0.5, 0.6) is 0 Å². The molecule has 0 unspecified atom stereocenters. The molecule has 1 amide bonds. The molecule has 1 atom stereocenters. The molecule has 0 aliphatic rings. The summed E-state index contributed by atoms with van der Waals surface area (Å²) < 4.78 is 4.87. The summed E-state index contributed by atoms with van der Waals surface area (Å²) in [6, 6.07) is -1.10. The van der Waals surface area contributed by atoms with Crippen molar-refractivity contribution in [2.75, 3.05) is 13.2 Å². The van der Waals surface area contributed by atoms with Crippen LogP contribution in [0.1, 0.15) is 32.6 Å². The number of rotatable bonds is 9. The fraction of sp³-hybridized carbons (Fsp3) is 0.727. The van der Waals surface area contributed by atoms with Gasteiger partial charge in [0.25, 0.3) is 0 Å². The van der Waals surface area contributed by atoms with E-state index in [0.29, 0.717) is 6.61 Å². The first-order valence-electron chi connectivity index (χ1n) is 5.88. The van der Waals surface area contributed by atoms with Crippen molar-refractivity contribution in [3.05, 3.63) is 0 Å². The van der Waals surface area contributed by atoms with Gasteiger partial charge in [-0.3, -0.25) is 14.4 Å². The normalized spacial score (nSPS) is 11.7. The minimum Gasteiger partial charge on any atom is -0.481 e. The number of hydrogen-bond acceptors (Lipinski definition) is 5. The third-order valence-corrected chi connectivity index (χ3v) is 2.12. The van der Waals surface area contributed by atoms with Crippen LogP contribution < -0.4 is 11.1 Å². The average molecular weight is 260 g/mol. The lowest BCUT2D eigenvalue weighted by Gasteiger charge is -2.09. The van der Waals surface area contributed by atoms with Crippen LogP contribution in [-0.4, -0.2) is 42.1 Å². The molecule has 0 aliphatic carbocycles. The Balaban J connectivity index is 3.67. The SMILES string of the molecule is CCCCOC(=O)CCNC(=O)[C@H](N)CC(=O)O. The van der Waals surface area contributed by atoms with Crippen LogP contribution >= 0.6 is 0 Å². The molecule has 4 N–H and O–H groups in total. The maximum atomic E-state index is 11.3. The van der Waals surface area contributed by atoms with E-state index in [1.165, 1.54) is 0 Å². The highest BCUT2D eigenvalue weighted by molar-refractivity contribution is 5.86. The Kier molecular flexibility index (Phi) is 8.55. The predicted octanol–water partition coefficient (Wildman–Crippen LogP) is -0.362. The zero-order valence-corrected chi connectivity index (χ0v) is 10.5. The van der Waals surface area contributed by atoms with Crippen LogP contribution in [0.3, 0.4) is 0 Å². The number of hydrogen-bond donors (Lipinski definition) is 3. The van der Waals surface area contributed by atoms with Crippen molar-refractivity contribution in [3.8, 4) is 0 Å². The van der Waals surface area contributed by atoms with Gasteiger partial charge in [0.1, 0.15) is 0 Å². The molecule has 0 bridgehead atoms. The monoisotopic (exact) mass is 260 g/mol. The largest absolute Gasteiger partial charge is 0.481 e. The molecule has 0 spiro atoms. The molecule has 104 valence electrons. The van der Waals surface area contributed by atoms with Crippen molar-refractivity contribution >= 4 is 17.8 Å². The quantitative estimate of drug-likeness (QED) is 0.385. The Morgan fingerprint density at radius 1 is 1.39 bits per heavy atom. The van der Waals surface area contributed by atoms with Crippen LogP contribution in [0, 0.1) is 0 Å². The lowest BCUT2D eigenvalue weighted by molar-refractivity contribution is -0.144. The first-order valence-corrected chi connectivity index (χ1v) is 5.88. The minimum atomic E-state index is -1.14. The predicted molar refractivity (Wildman–Crippen MR) is 63.7 cm³/mol. The molecular formula is C11H20N2O5. The van der Waals surface area contributed by atoms with E-state index in [-0.39, 0.29) is 13.0 Å². The second-order valence-corrected chi connectivity index (χ2v) is 3.82. The summed E-state index contributed by atoms with van der Waals surface area (Å²) in [7, 11) is 0. The lowest BCUT2D eigenvalue weighted by Crippen LogP contribution is -2.42. The molecule has 7 heteroatoms.